The molecule has 1 aromatic rings. The highest BCUT2D eigenvalue weighted by molar-refractivity contribution is 7.89. The molecule has 0 bridgehead atoms. The molecule has 1 aromatic carbocycles. The normalized spacial score (nSPS) is 15.6. The number of nitro benzene ring substituents is 1. The first-order chi connectivity index (χ1) is 13.7. The summed E-state index contributed by atoms with van der Waals surface area (Å²) in [5.41, 5.74) is -0.110. The lowest BCUT2D eigenvalue weighted by Gasteiger charge is -2.25. The Bertz CT molecular complexity index is 831. The van der Waals surface area contributed by atoms with Gasteiger partial charge >= 0.3 is 0 Å². The molecule has 0 aromatic heterocycles. The topological polar surface area (TPSA) is 104 Å². The molecule has 1 heterocycles. The van der Waals surface area contributed by atoms with Crippen molar-refractivity contribution in [3.63, 3.8) is 0 Å². The predicted molar refractivity (Wildman–Crippen MR) is 112 cm³/mol. The van der Waals surface area contributed by atoms with Crippen molar-refractivity contribution in [3.05, 3.63) is 28.3 Å². The fraction of sp³-hybridized carbons (Fsp3) is 0.632. The van der Waals surface area contributed by atoms with Crippen LogP contribution in [0.2, 0.25) is 0 Å². The zero-order valence-electron chi connectivity index (χ0n) is 17.3. The molecule has 1 saturated heterocycles. The van der Waals surface area contributed by atoms with Crippen LogP contribution in [0.3, 0.4) is 0 Å². The van der Waals surface area contributed by atoms with Gasteiger partial charge in [-0.25, -0.2) is 8.42 Å². The van der Waals surface area contributed by atoms with Crippen molar-refractivity contribution in [1.29, 1.82) is 0 Å². The van der Waals surface area contributed by atoms with Crippen molar-refractivity contribution in [1.82, 2.24) is 9.21 Å². The smallest absolute Gasteiger partial charge is 0.293 e. The summed E-state index contributed by atoms with van der Waals surface area (Å²) in [5.74, 6) is -0.145. The van der Waals surface area contributed by atoms with Crippen LogP contribution in [-0.2, 0) is 14.8 Å². The highest BCUT2D eigenvalue weighted by Crippen LogP contribution is 2.32. The van der Waals surface area contributed by atoms with E-state index >= 15 is 0 Å². The fourth-order valence-corrected chi connectivity index (χ4v) is 5.07. The van der Waals surface area contributed by atoms with Gasteiger partial charge in [-0.3, -0.25) is 14.9 Å². The lowest BCUT2D eigenvalue weighted by atomic mass is 10.2. The summed E-state index contributed by atoms with van der Waals surface area (Å²) in [4.78, 5) is 26.4. The predicted octanol–water partition coefficient (Wildman–Crippen LogP) is 2.46. The number of benzene rings is 1. The third-order valence-corrected chi connectivity index (χ3v) is 7.14. The highest BCUT2D eigenvalue weighted by atomic mass is 32.2. The average Bonchev–Trinajstić information content (AvgIpc) is 2.98. The summed E-state index contributed by atoms with van der Waals surface area (Å²) in [5, 5.41) is 11.6. The number of hydrogen-bond donors (Lipinski definition) is 0. The number of anilines is 1. The number of carbonyl (C=O) groups is 1. The maximum Gasteiger partial charge on any atom is 0.293 e. The zero-order chi connectivity index (χ0) is 21.6. The van der Waals surface area contributed by atoms with Gasteiger partial charge in [0.25, 0.3) is 5.69 Å². The van der Waals surface area contributed by atoms with Gasteiger partial charge in [-0.15, -0.1) is 0 Å². The fourth-order valence-electron chi connectivity index (χ4n) is 3.53. The Morgan fingerprint density at radius 3 is 2.24 bits per heavy atom. The van der Waals surface area contributed by atoms with Crippen LogP contribution in [-0.4, -0.2) is 68.2 Å². The molecule has 2 rings (SSSR count). The van der Waals surface area contributed by atoms with E-state index < -0.39 is 14.9 Å². The molecule has 10 heteroatoms. The summed E-state index contributed by atoms with van der Waals surface area (Å²) in [6.07, 6.45) is 3.54. The Labute approximate surface area is 172 Å². The first-order valence-electron chi connectivity index (χ1n) is 9.99. The van der Waals surface area contributed by atoms with Gasteiger partial charge in [-0.2, -0.15) is 4.31 Å². The van der Waals surface area contributed by atoms with Crippen LogP contribution >= 0.6 is 0 Å². The maximum absolute atomic E-state index is 13.0. The number of carbonyl (C=O) groups excluding carboxylic acids is 1. The summed E-state index contributed by atoms with van der Waals surface area (Å²) >= 11 is 0. The van der Waals surface area contributed by atoms with Gasteiger partial charge in [0.05, 0.1) is 16.4 Å². The van der Waals surface area contributed by atoms with Crippen molar-refractivity contribution in [3.8, 4) is 0 Å². The maximum atomic E-state index is 13.0. The van der Waals surface area contributed by atoms with E-state index in [0.717, 1.165) is 31.7 Å². The van der Waals surface area contributed by atoms with E-state index in [-0.39, 0.29) is 28.7 Å². The summed E-state index contributed by atoms with van der Waals surface area (Å²) in [6.45, 7) is 5.67. The molecule has 29 heavy (non-hydrogen) atoms. The molecule has 0 radical (unpaired) electrons. The average molecular weight is 427 g/mol. The van der Waals surface area contributed by atoms with Gasteiger partial charge in [0, 0.05) is 39.3 Å². The molecule has 0 N–H and O–H groups in total. The Hall–Kier alpha value is -2.20. The quantitative estimate of drug-likeness (QED) is 0.467. The monoisotopic (exact) mass is 426 g/mol. The molecule has 0 aliphatic carbocycles. The molecule has 1 amide bonds. The Kier molecular flexibility index (Phi) is 7.97. The zero-order valence-corrected chi connectivity index (χ0v) is 18.2. The molecule has 0 spiro atoms. The minimum Gasteiger partial charge on any atom is -0.360 e. The SMILES string of the molecule is CCN(CC)C(=O)CN(C)c1ccc(S(=O)(=O)N2CCCCCC2)cc1[N+](=O)[O-]. The second-order valence-corrected chi connectivity index (χ2v) is 9.09. The van der Waals surface area contributed by atoms with Gasteiger partial charge in [0.2, 0.25) is 15.9 Å². The third kappa shape index (κ3) is 5.45. The van der Waals surface area contributed by atoms with E-state index in [1.54, 1.807) is 11.9 Å². The second-order valence-electron chi connectivity index (χ2n) is 7.15. The van der Waals surface area contributed by atoms with Crippen LogP contribution in [0.15, 0.2) is 23.1 Å². The van der Waals surface area contributed by atoms with Gasteiger partial charge in [-0.05, 0) is 38.8 Å². The van der Waals surface area contributed by atoms with E-state index in [1.807, 2.05) is 13.8 Å². The van der Waals surface area contributed by atoms with E-state index in [1.165, 1.54) is 21.3 Å². The molecule has 162 valence electrons. The van der Waals surface area contributed by atoms with Gasteiger partial charge in [0.15, 0.2) is 0 Å². The Morgan fingerprint density at radius 1 is 1.14 bits per heavy atom. The highest BCUT2D eigenvalue weighted by Gasteiger charge is 2.29. The molecular formula is C19H30N4O5S. The number of rotatable bonds is 8. The minimum atomic E-state index is -3.79. The van der Waals surface area contributed by atoms with Crippen LogP contribution in [0.5, 0.6) is 0 Å². The number of likely N-dealkylation sites (N-methyl/N-ethyl adjacent to an activating group) is 2. The van der Waals surface area contributed by atoms with E-state index in [4.69, 9.17) is 0 Å². The van der Waals surface area contributed by atoms with Crippen molar-refractivity contribution >= 4 is 27.3 Å². The van der Waals surface area contributed by atoms with Crippen LogP contribution in [0.25, 0.3) is 0 Å². The third-order valence-electron chi connectivity index (χ3n) is 5.25. The van der Waals surface area contributed by atoms with Crippen LogP contribution in [0.1, 0.15) is 39.5 Å². The molecule has 1 aliphatic heterocycles. The summed E-state index contributed by atoms with van der Waals surface area (Å²) < 4.78 is 27.3. The van der Waals surface area contributed by atoms with Gasteiger partial charge in [-0.1, -0.05) is 12.8 Å². The minimum absolute atomic E-state index is 0.0270. The lowest BCUT2D eigenvalue weighted by Crippen LogP contribution is -2.39. The molecule has 9 nitrogen and oxygen atoms in total. The number of amides is 1. The first kappa shape index (κ1) is 23.1. The van der Waals surface area contributed by atoms with E-state index in [2.05, 4.69) is 0 Å². The van der Waals surface area contributed by atoms with Crippen molar-refractivity contribution in [2.24, 2.45) is 0 Å². The van der Waals surface area contributed by atoms with Crippen molar-refractivity contribution in [2.45, 2.75) is 44.4 Å². The van der Waals surface area contributed by atoms with Gasteiger partial charge in [0.1, 0.15) is 5.69 Å². The molecule has 0 atom stereocenters. The molecular weight excluding hydrogens is 396 g/mol. The molecule has 0 unspecified atom stereocenters. The number of sulfonamides is 1. The number of nitro groups is 1. The Morgan fingerprint density at radius 2 is 1.72 bits per heavy atom. The Balaban J connectivity index is 2.33. The van der Waals surface area contributed by atoms with E-state index in [9.17, 15) is 23.3 Å². The lowest BCUT2D eigenvalue weighted by molar-refractivity contribution is -0.384. The largest absolute Gasteiger partial charge is 0.360 e. The van der Waals surface area contributed by atoms with Gasteiger partial charge < -0.3 is 9.80 Å². The van der Waals surface area contributed by atoms with E-state index in [0.29, 0.717) is 26.2 Å². The molecule has 1 fully saturated rings. The molecule has 0 saturated carbocycles. The first-order valence-corrected chi connectivity index (χ1v) is 11.4. The van der Waals surface area contributed by atoms with Crippen LogP contribution in [0, 0.1) is 10.1 Å². The van der Waals surface area contributed by atoms with Crippen molar-refractivity contribution in [2.75, 3.05) is 44.7 Å². The standard InChI is InChI=1S/C19H30N4O5S/c1-4-21(5-2)19(24)15-20(3)17-11-10-16(14-18(17)23(25)26)29(27,28)22-12-8-6-7-9-13-22/h10-11,14H,4-9,12-13,15H2,1-3H3. The number of nitrogens with zero attached hydrogens (tertiary/aromatic N) is 4. The number of hydrogen-bond acceptors (Lipinski definition) is 6. The second kappa shape index (κ2) is 10.0. The summed E-state index contributed by atoms with van der Waals surface area (Å²) in [7, 11) is -2.20. The molecule has 1 aliphatic rings. The van der Waals surface area contributed by atoms with Crippen molar-refractivity contribution < 1.29 is 18.1 Å². The summed E-state index contributed by atoms with van der Waals surface area (Å²) in [6, 6.07) is 3.91. The van der Waals surface area contributed by atoms with Crippen LogP contribution in [0.4, 0.5) is 11.4 Å². The van der Waals surface area contributed by atoms with Crippen LogP contribution < -0.4 is 4.90 Å².